The number of ether oxygens (including phenoxy) is 2. The topological polar surface area (TPSA) is 79.2 Å². The summed E-state index contributed by atoms with van der Waals surface area (Å²) in [6, 6.07) is 0. The van der Waals surface area contributed by atoms with Crippen molar-refractivity contribution in [1.29, 1.82) is 0 Å². The summed E-state index contributed by atoms with van der Waals surface area (Å²) in [6.07, 6.45) is 1.43. The predicted molar refractivity (Wildman–Crippen MR) is 62.5 cm³/mol. The molecule has 0 aliphatic carbocycles. The molecule has 0 saturated carbocycles. The zero-order chi connectivity index (χ0) is 12.7. The van der Waals surface area contributed by atoms with Crippen LogP contribution in [-0.2, 0) is 9.47 Å². The van der Waals surface area contributed by atoms with Crippen molar-refractivity contribution < 1.29 is 24.8 Å². The van der Waals surface area contributed by atoms with Crippen molar-refractivity contribution in [1.82, 2.24) is 0 Å². The van der Waals surface area contributed by atoms with Crippen molar-refractivity contribution >= 4 is 0 Å². The van der Waals surface area contributed by atoms with Gasteiger partial charge in [-0.3, -0.25) is 0 Å². The predicted octanol–water partition coefficient (Wildman–Crippen LogP) is 0.412. The minimum Gasteiger partial charge on any atom is -0.388 e. The number of aliphatic hydroxyl groups is 3. The maximum Gasteiger partial charge on any atom is 0.186 e. The van der Waals surface area contributed by atoms with Gasteiger partial charge in [0, 0.05) is 6.61 Å². The molecule has 17 heavy (non-hydrogen) atoms. The highest BCUT2D eigenvalue weighted by Crippen LogP contribution is 2.17. The Bertz CT molecular complexity index is 199. The third-order valence-corrected chi connectivity index (χ3v) is 2.98. The second-order valence-electron chi connectivity index (χ2n) is 4.54. The van der Waals surface area contributed by atoms with E-state index in [1.165, 1.54) is 19.3 Å². The maximum atomic E-state index is 9.59. The van der Waals surface area contributed by atoms with Crippen molar-refractivity contribution in [2.45, 2.75) is 63.6 Å². The normalized spacial score (nSPS) is 33.9. The first kappa shape index (κ1) is 14.9. The molecule has 5 heteroatoms. The fourth-order valence-electron chi connectivity index (χ4n) is 1.83. The van der Waals surface area contributed by atoms with Gasteiger partial charge in [0.25, 0.3) is 0 Å². The molecule has 0 amide bonds. The van der Waals surface area contributed by atoms with Gasteiger partial charge in [0.15, 0.2) is 6.29 Å². The van der Waals surface area contributed by atoms with E-state index < -0.39 is 24.6 Å². The molecule has 1 aliphatic heterocycles. The molecule has 1 rings (SSSR count). The Morgan fingerprint density at radius 1 is 1.06 bits per heavy atom. The highest BCUT2D eigenvalue weighted by molar-refractivity contribution is 4.82. The van der Waals surface area contributed by atoms with E-state index in [1.54, 1.807) is 0 Å². The summed E-state index contributed by atoms with van der Waals surface area (Å²) < 4.78 is 10.5. The van der Waals surface area contributed by atoms with E-state index in [-0.39, 0.29) is 6.61 Å². The molecule has 0 radical (unpaired) electrons. The van der Waals surface area contributed by atoms with Crippen LogP contribution in [0, 0.1) is 0 Å². The van der Waals surface area contributed by atoms with Crippen LogP contribution in [0.2, 0.25) is 0 Å². The van der Waals surface area contributed by atoms with E-state index in [0.717, 1.165) is 12.8 Å². The van der Waals surface area contributed by atoms with Gasteiger partial charge >= 0.3 is 0 Å². The molecule has 0 unspecified atom stereocenters. The van der Waals surface area contributed by atoms with Gasteiger partial charge in [0.1, 0.15) is 18.3 Å². The number of unbranched alkanes of at least 4 members (excludes halogenated alkanes) is 4. The Kier molecular flexibility index (Phi) is 6.99. The fourth-order valence-corrected chi connectivity index (χ4v) is 1.83. The van der Waals surface area contributed by atoms with Crippen LogP contribution in [0.25, 0.3) is 0 Å². The maximum absolute atomic E-state index is 9.59. The van der Waals surface area contributed by atoms with Gasteiger partial charge in [0.2, 0.25) is 0 Å². The molecule has 0 bridgehead atoms. The van der Waals surface area contributed by atoms with E-state index in [1.807, 2.05) is 0 Å². The minimum absolute atomic E-state index is 0.00126. The number of hydrogen-bond donors (Lipinski definition) is 3. The largest absolute Gasteiger partial charge is 0.388 e. The first-order valence-electron chi connectivity index (χ1n) is 6.44. The summed E-state index contributed by atoms with van der Waals surface area (Å²) in [6.45, 7) is 2.67. The summed E-state index contributed by atoms with van der Waals surface area (Å²) in [5, 5.41) is 28.3. The molecule has 0 spiro atoms. The molecule has 0 aromatic heterocycles. The Balaban J connectivity index is 2.10. The van der Waals surface area contributed by atoms with Gasteiger partial charge < -0.3 is 24.8 Å². The van der Waals surface area contributed by atoms with Crippen molar-refractivity contribution in [2.75, 3.05) is 13.2 Å². The van der Waals surface area contributed by atoms with Crippen LogP contribution < -0.4 is 0 Å². The van der Waals surface area contributed by atoms with Crippen LogP contribution in [0.1, 0.15) is 39.0 Å². The number of hydrogen-bond acceptors (Lipinski definition) is 5. The van der Waals surface area contributed by atoms with Crippen LogP contribution >= 0.6 is 0 Å². The molecule has 0 aromatic carbocycles. The van der Waals surface area contributed by atoms with Crippen molar-refractivity contribution in [2.24, 2.45) is 0 Å². The Morgan fingerprint density at radius 2 is 1.76 bits per heavy atom. The molecule has 0 aromatic rings. The van der Waals surface area contributed by atoms with Crippen LogP contribution in [0.5, 0.6) is 0 Å². The lowest BCUT2D eigenvalue weighted by Crippen LogP contribution is -2.53. The number of aliphatic hydroxyl groups excluding tert-OH is 3. The summed E-state index contributed by atoms with van der Waals surface area (Å²) in [7, 11) is 0. The van der Waals surface area contributed by atoms with Gasteiger partial charge in [-0.05, 0) is 6.42 Å². The zero-order valence-electron chi connectivity index (χ0n) is 10.4. The van der Waals surface area contributed by atoms with Crippen molar-refractivity contribution in [3.63, 3.8) is 0 Å². The fraction of sp³-hybridized carbons (Fsp3) is 1.00. The lowest BCUT2D eigenvalue weighted by Gasteiger charge is -2.34. The third kappa shape index (κ3) is 4.89. The molecule has 3 N–H and O–H groups in total. The summed E-state index contributed by atoms with van der Waals surface area (Å²) in [5.41, 5.74) is 0. The third-order valence-electron chi connectivity index (χ3n) is 2.98. The number of rotatable bonds is 7. The first-order valence-corrected chi connectivity index (χ1v) is 6.44. The molecular formula is C12H24O5. The van der Waals surface area contributed by atoms with E-state index in [2.05, 4.69) is 6.92 Å². The second-order valence-corrected chi connectivity index (χ2v) is 4.54. The Labute approximate surface area is 102 Å². The SMILES string of the molecule is CCCCCCCO[C@@H]1OC[C@@H](O)[C@H](O)[C@H]1O. The van der Waals surface area contributed by atoms with Gasteiger partial charge in [-0.2, -0.15) is 0 Å². The van der Waals surface area contributed by atoms with Crippen LogP contribution in [0.3, 0.4) is 0 Å². The molecule has 1 saturated heterocycles. The summed E-state index contributed by atoms with van der Waals surface area (Å²) >= 11 is 0. The average molecular weight is 248 g/mol. The van der Waals surface area contributed by atoms with Crippen molar-refractivity contribution in [3.05, 3.63) is 0 Å². The zero-order valence-corrected chi connectivity index (χ0v) is 10.4. The van der Waals surface area contributed by atoms with Gasteiger partial charge in [-0.15, -0.1) is 0 Å². The highest BCUT2D eigenvalue weighted by atomic mass is 16.7. The van der Waals surface area contributed by atoms with E-state index in [4.69, 9.17) is 9.47 Å². The second kappa shape index (κ2) is 8.00. The lowest BCUT2D eigenvalue weighted by atomic mass is 10.1. The molecule has 102 valence electrons. The highest BCUT2D eigenvalue weighted by Gasteiger charge is 2.37. The molecule has 1 heterocycles. The molecule has 5 nitrogen and oxygen atoms in total. The molecule has 4 atom stereocenters. The minimum atomic E-state index is -1.19. The van der Waals surface area contributed by atoms with Crippen LogP contribution in [0.15, 0.2) is 0 Å². The molecule has 1 aliphatic rings. The van der Waals surface area contributed by atoms with Gasteiger partial charge in [0.05, 0.1) is 6.61 Å². The molecular weight excluding hydrogens is 224 g/mol. The quantitative estimate of drug-likeness (QED) is 0.569. The smallest absolute Gasteiger partial charge is 0.186 e. The Morgan fingerprint density at radius 3 is 2.47 bits per heavy atom. The van der Waals surface area contributed by atoms with Gasteiger partial charge in [-0.25, -0.2) is 0 Å². The first-order chi connectivity index (χ1) is 8.16. The van der Waals surface area contributed by atoms with Crippen molar-refractivity contribution in [3.8, 4) is 0 Å². The van der Waals surface area contributed by atoms with Gasteiger partial charge in [-0.1, -0.05) is 32.6 Å². The van der Waals surface area contributed by atoms with Crippen LogP contribution in [-0.4, -0.2) is 53.1 Å². The summed E-state index contributed by atoms with van der Waals surface area (Å²) in [4.78, 5) is 0. The van der Waals surface area contributed by atoms with Crippen LogP contribution in [0.4, 0.5) is 0 Å². The summed E-state index contributed by atoms with van der Waals surface area (Å²) in [5.74, 6) is 0. The lowest BCUT2D eigenvalue weighted by molar-refractivity contribution is -0.270. The van der Waals surface area contributed by atoms with E-state index in [0.29, 0.717) is 6.61 Å². The average Bonchev–Trinajstić information content (AvgIpc) is 2.33. The standard InChI is InChI=1S/C12H24O5/c1-2-3-4-5-6-7-16-12-11(15)10(14)9(13)8-17-12/h9-15H,2-8H2,1H3/t9-,10+,11-,12-/m1/s1. The van der Waals surface area contributed by atoms with E-state index >= 15 is 0 Å². The monoisotopic (exact) mass is 248 g/mol. The Hall–Kier alpha value is -0.200. The van der Waals surface area contributed by atoms with E-state index in [9.17, 15) is 15.3 Å². The molecule has 1 fully saturated rings.